The Labute approximate surface area is 94.0 Å². The molecule has 0 amide bonds. The zero-order valence-electron chi connectivity index (χ0n) is 9.16. The quantitative estimate of drug-likeness (QED) is 0.776. The molecule has 16 heavy (non-hydrogen) atoms. The minimum absolute atomic E-state index is 0.0511. The van der Waals surface area contributed by atoms with Gasteiger partial charge in [0.05, 0.1) is 0 Å². The molecule has 1 aromatic rings. The van der Waals surface area contributed by atoms with Crippen molar-refractivity contribution in [3.8, 4) is 0 Å². The van der Waals surface area contributed by atoms with Crippen molar-refractivity contribution in [3.63, 3.8) is 0 Å². The molecule has 1 heterocycles. The minimum atomic E-state index is -0.549. The molecule has 0 aliphatic carbocycles. The Morgan fingerprint density at radius 2 is 2.19 bits per heavy atom. The van der Waals surface area contributed by atoms with E-state index in [1.165, 1.54) is 12.1 Å². The van der Waals surface area contributed by atoms with Crippen molar-refractivity contribution in [1.29, 1.82) is 0 Å². The topological polar surface area (TPSA) is 23.5 Å². The zero-order chi connectivity index (χ0) is 11.7. The first-order valence-electron chi connectivity index (χ1n) is 5.45. The monoisotopic (exact) mass is 225 g/mol. The van der Waals surface area contributed by atoms with E-state index in [2.05, 4.69) is 0 Å². The summed E-state index contributed by atoms with van der Waals surface area (Å²) in [5.41, 5.74) is 0.546. The molecule has 0 spiro atoms. The van der Waals surface area contributed by atoms with Gasteiger partial charge in [-0.15, -0.1) is 0 Å². The third-order valence-corrected chi connectivity index (χ3v) is 3.15. The third kappa shape index (κ3) is 2.25. The van der Waals surface area contributed by atoms with Gasteiger partial charge in [-0.2, -0.15) is 0 Å². The lowest BCUT2D eigenvalue weighted by atomic mass is 9.85. The smallest absolute Gasteiger partial charge is 0.376 e. The van der Waals surface area contributed by atoms with Gasteiger partial charge in [-0.3, -0.25) is 0 Å². The summed E-state index contributed by atoms with van der Waals surface area (Å²) < 4.78 is 26.3. The van der Waals surface area contributed by atoms with Crippen LogP contribution in [0, 0.1) is 11.6 Å². The molecule has 1 saturated heterocycles. The summed E-state index contributed by atoms with van der Waals surface area (Å²) >= 11 is 0. The van der Waals surface area contributed by atoms with E-state index >= 15 is 0 Å². The Hall–Kier alpha value is -0.935. The van der Waals surface area contributed by atoms with E-state index in [9.17, 15) is 13.8 Å². The van der Waals surface area contributed by atoms with Gasteiger partial charge in [-0.05, 0) is 43.9 Å². The van der Waals surface area contributed by atoms with Crippen LogP contribution >= 0.6 is 0 Å². The molecule has 1 N–H and O–H groups in total. The van der Waals surface area contributed by atoms with Crippen LogP contribution < -0.4 is 0 Å². The number of rotatable bonds is 2. The maximum absolute atomic E-state index is 13.5. The van der Waals surface area contributed by atoms with Crippen molar-refractivity contribution in [2.75, 3.05) is 13.1 Å². The second-order valence-corrected chi connectivity index (χ2v) is 4.28. The van der Waals surface area contributed by atoms with Gasteiger partial charge in [0.2, 0.25) is 0 Å². The Morgan fingerprint density at radius 1 is 1.44 bits per heavy atom. The predicted octanol–water partition coefficient (Wildman–Crippen LogP) is 1.86. The van der Waals surface area contributed by atoms with E-state index in [4.69, 9.17) is 0 Å². The fourth-order valence-electron chi connectivity index (χ4n) is 2.21. The fourth-order valence-corrected chi connectivity index (χ4v) is 2.21. The normalized spacial score (nSPS) is 21.4. The van der Waals surface area contributed by atoms with Gasteiger partial charge < -0.3 is 9.83 Å². The number of benzene rings is 1. The van der Waals surface area contributed by atoms with Crippen LogP contribution in [0.15, 0.2) is 18.2 Å². The summed E-state index contributed by atoms with van der Waals surface area (Å²) in [6.07, 6.45) is 0.799. The highest BCUT2D eigenvalue weighted by Crippen LogP contribution is 2.29. The molecule has 0 aromatic heterocycles. The summed E-state index contributed by atoms with van der Waals surface area (Å²) in [6, 6.07) is 3.70. The molecule has 2 nitrogen and oxygen atoms in total. The Bertz CT molecular complexity index is 386. The first kappa shape index (κ1) is 11.5. The number of hydrogen-bond donors (Lipinski definition) is 1. The highest BCUT2D eigenvalue weighted by molar-refractivity contribution is 6.45. The van der Waals surface area contributed by atoms with Gasteiger partial charge in [0.25, 0.3) is 0 Å². The highest BCUT2D eigenvalue weighted by Gasteiger charge is 2.29. The molecule has 1 fully saturated rings. The van der Waals surface area contributed by atoms with E-state index in [0.29, 0.717) is 12.1 Å². The van der Waals surface area contributed by atoms with Crippen LogP contribution in [0.1, 0.15) is 17.9 Å². The van der Waals surface area contributed by atoms with E-state index in [0.717, 1.165) is 19.0 Å². The largest absolute Gasteiger partial charge is 0.437 e. The Balaban J connectivity index is 2.14. The highest BCUT2D eigenvalue weighted by atomic mass is 19.1. The van der Waals surface area contributed by atoms with Gasteiger partial charge in [0.15, 0.2) is 0 Å². The second kappa shape index (κ2) is 4.51. The summed E-state index contributed by atoms with van der Waals surface area (Å²) in [5, 5.41) is 9.40. The molecule has 2 rings (SSSR count). The summed E-state index contributed by atoms with van der Waals surface area (Å²) in [6.45, 7) is 3.07. The molecule has 1 atom stereocenters. The standard InChI is InChI=1S/C11H14BF2NO/c1-12(16)15-5-4-8(7-15)10-3-2-9(13)6-11(10)14/h2-3,6,8,16H,4-5,7H2,1H3. The van der Waals surface area contributed by atoms with Gasteiger partial charge in [-0.25, -0.2) is 8.78 Å². The van der Waals surface area contributed by atoms with Crippen LogP contribution in [-0.4, -0.2) is 30.0 Å². The maximum atomic E-state index is 13.5. The van der Waals surface area contributed by atoms with Crippen LogP contribution in [0.3, 0.4) is 0 Å². The lowest BCUT2D eigenvalue weighted by Gasteiger charge is -2.16. The van der Waals surface area contributed by atoms with Gasteiger partial charge >= 0.3 is 7.05 Å². The van der Waals surface area contributed by atoms with Crippen molar-refractivity contribution in [3.05, 3.63) is 35.4 Å². The first-order chi connectivity index (χ1) is 7.58. The van der Waals surface area contributed by atoms with Crippen LogP contribution in [0.5, 0.6) is 0 Å². The van der Waals surface area contributed by atoms with Crippen LogP contribution in [0.4, 0.5) is 8.78 Å². The van der Waals surface area contributed by atoms with Crippen molar-refractivity contribution >= 4 is 7.05 Å². The molecule has 1 aromatic carbocycles. The number of nitrogens with zero attached hydrogens (tertiary/aromatic N) is 1. The third-order valence-electron chi connectivity index (χ3n) is 3.15. The Morgan fingerprint density at radius 3 is 2.75 bits per heavy atom. The molecule has 86 valence electrons. The van der Waals surface area contributed by atoms with Gasteiger partial charge in [0, 0.05) is 6.07 Å². The zero-order valence-corrected chi connectivity index (χ0v) is 9.16. The van der Waals surface area contributed by atoms with Crippen molar-refractivity contribution in [1.82, 2.24) is 4.81 Å². The summed E-state index contributed by atoms with van der Waals surface area (Å²) in [4.78, 5) is 1.88. The predicted molar refractivity (Wildman–Crippen MR) is 59.1 cm³/mol. The molecule has 0 radical (unpaired) electrons. The van der Waals surface area contributed by atoms with Crippen molar-refractivity contribution < 1.29 is 13.8 Å². The molecule has 0 saturated carbocycles. The summed E-state index contributed by atoms with van der Waals surface area (Å²) in [7, 11) is -0.506. The average Bonchev–Trinajstić information content (AvgIpc) is 2.66. The van der Waals surface area contributed by atoms with Crippen molar-refractivity contribution in [2.45, 2.75) is 19.2 Å². The van der Waals surface area contributed by atoms with E-state index in [-0.39, 0.29) is 5.92 Å². The number of halogens is 2. The lowest BCUT2D eigenvalue weighted by molar-refractivity contribution is 0.419. The first-order valence-corrected chi connectivity index (χ1v) is 5.45. The SMILES string of the molecule is CB(O)N1CCC(c2ccc(F)cc2F)C1. The number of hydrogen-bond acceptors (Lipinski definition) is 2. The molecule has 0 bridgehead atoms. The molecule has 1 aliphatic rings. The second-order valence-electron chi connectivity index (χ2n) is 4.28. The van der Waals surface area contributed by atoms with Crippen molar-refractivity contribution in [2.24, 2.45) is 0 Å². The van der Waals surface area contributed by atoms with Crippen LogP contribution in [0.25, 0.3) is 0 Å². The molecule has 1 unspecified atom stereocenters. The van der Waals surface area contributed by atoms with Gasteiger partial charge in [-0.1, -0.05) is 6.07 Å². The molecule has 5 heteroatoms. The summed E-state index contributed by atoms with van der Waals surface area (Å²) in [5.74, 6) is -0.987. The maximum Gasteiger partial charge on any atom is 0.376 e. The minimum Gasteiger partial charge on any atom is -0.437 e. The van der Waals surface area contributed by atoms with E-state index in [1.807, 2.05) is 4.81 Å². The average molecular weight is 225 g/mol. The van der Waals surface area contributed by atoms with Crippen LogP contribution in [-0.2, 0) is 0 Å². The molecular weight excluding hydrogens is 211 g/mol. The Kier molecular flexibility index (Phi) is 3.26. The molecular formula is C11H14BF2NO. The van der Waals surface area contributed by atoms with E-state index in [1.54, 1.807) is 6.82 Å². The fraction of sp³-hybridized carbons (Fsp3) is 0.455. The van der Waals surface area contributed by atoms with Crippen LogP contribution in [0.2, 0.25) is 6.82 Å². The van der Waals surface area contributed by atoms with Gasteiger partial charge in [0.1, 0.15) is 11.6 Å². The van der Waals surface area contributed by atoms with E-state index < -0.39 is 18.7 Å². The molecule has 1 aliphatic heterocycles. The lowest BCUT2D eigenvalue weighted by Crippen LogP contribution is -2.34.